The maximum Gasteiger partial charge on any atom is 0.240 e. The predicted molar refractivity (Wildman–Crippen MR) is 75.6 cm³/mol. The van der Waals surface area contributed by atoms with Crippen molar-refractivity contribution in [3.8, 4) is 11.8 Å². The molecular weight excluding hydrogens is 242 g/mol. The van der Waals surface area contributed by atoms with Crippen molar-refractivity contribution in [2.24, 2.45) is 5.41 Å². The Kier molecular flexibility index (Phi) is 5.54. The van der Waals surface area contributed by atoms with E-state index in [1.165, 1.54) is 0 Å². The fourth-order valence-corrected chi connectivity index (χ4v) is 1.91. The molecule has 1 aromatic rings. The second-order valence-electron chi connectivity index (χ2n) is 5.56. The molecule has 0 amide bonds. The summed E-state index contributed by atoms with van der Waals surface area (Å²) in [6.07, 6.45) is 2.70. The molecule has 0 bridgehead atoms. The highest BCUT2D eigenvalue weighted by molar-refractivity contribution is 5.27. The van der Waals surface area contributed by atoms with E-state index in [9.17, 15) is 0 Å². The third kappa shape index (κ3) is 4.06. The number of nitrogens with one attached hydrogen (secondary N) is 1. The molecule has 1 unspecified atom stereocenters. The lowest BCUT2D eigenvalue weighted by Crippen LogP contribution is -2.34. The first kappa shape index (κ1) is 15.7. The van der Waals surface area contributed by atoms with E-state index in [4.69, 9.17) is 9.47 Å². The van der Waals surface area contributed by atoms with Gasteiger partial charge in [0.15, 0.2) is 0 Å². The summed E-state index contributed by atoms with van der Waals surface area (Å²) < 4.78 is 10.4. The molecule has 0 fully saturated rings. The van der Waals surface area contributed by atoms with Crippen molar-refractivity contribution in [1.29, 1.82) is 0 Å². The maximum atomic E-state index is 5.35. The summed E-state index contributed by atoms with van der Waals surface area (Å²) in [6, 6.07) is 0.0841. The van der Waals surface area contributed by atoms with Crippen LogP contribution in [0.5, 0.6) is 11.8 Å². The van der Waals surface area contributed by atoms with E-state index >= 15 is 0 Å². The first-order valence-corrected chi connectivity index (χ1v) is 6.62. The van der Waals surface area contributed by atoms with Gasteiger partial charge in [0, 0.05) is 0 Å². The molecule has 5 heteroatoms. The van der Waals surface area contributed by atoms with Crippen molar-refractivity contribution < 1.29 is 9.47 Å². The smallest absolute Gasteiger partial charge is 0.240 e. The molecule has 1 heterocycles. The van der Waals surface area contributed by atoms with Gasteiger partial charge in [-0.15, -0.1) is 0 Å². The lowest BCUT2D eigenvalue weighted by Gasteiger charge is -2.31. The van der Waals surface area contributed by atoms with Crippen molar-refractivity contribution in [3.05, 3.63) is 11.9 Å². The number of hydrogen-bond acceptors (Lipinski definition) is 5. The van der Waals surface area contributed by atoms with Crippen LogP contribution in [0.1, 0.15) is 45.9 Å². The highest BCUT2D eigenvalue weighted by Crippen LogP contribution is 2.35. The van der Waals surface area contributed by atoms with Gasteiger partial charge in [0.2, 0.25) is 11.8 Å². The van der Waals surface area contributed by atoms with Crippen LogP contribution in [0.15, 0.2) is 6.20 Å². The fraction of sp³-hybridized carbons (Fsp3) is 0.714. The van der Waals surface area contributed by atoms with E-state index in [2.05, 4.69) is 43.0 Å². The van der Waals surface area contributed by atoms with E-state index in [1.54, 1.807) is 20.4 Å². The molecule has 5 nitrogen and oxygen atoms in total. The molecule has 0 aliphatic rings. The molecule has 0 aliphatic carbocycles. The first-order chi connectivity index (χ1) is 8.93. The second kappa shape index (κ2) is 6.70. The van der Waals surface area contributed by atoms with Crippen LogP contribution >= 0.6 is 0 Å². The van der Waals surface area contributed by atoms with Crippen molar-refractivity contribution in [1.82, 2.24) is 15.3 Å². The molecular formula is C14H25N3O2. The van der Waals surface area contributed by atoms with Gasteiger partial charge in [-0.1, -0.05) is 27.7 Å². The summed E-state index contributed by atoms with van der Waals surface area (Å²) in [7, 11) is 3.17. The van der Waals surface area contributed by atoms with Gasteiger partial charge in [-0.3, -0.25) is 0 Å². The lowest BCUT2D eigenvalue weighted by atomic mass is 9.84. The van der Waals surface area contributed by atoms with Crippen molar-refractivity contribution in [2.45, 2.75) is 40.2 Å². The van der Waals surface area contributed by atoms with Gasteiger partial charge in [-0.05, 0) is 18.4 Å². The molecule has 0 radical (unpaired) electrons. The zero-order valence-corrected chi connectivity index (χ0v) is 12.8. The summed E-state index contributed by atoms with van der Waals surface area (Å²) >= 11 is 0. The first-order valence-electron chi connectivity index (χ1n) is 6.62. The molecule has 1 atom stereocenters. The predicted octanol–water partition coefficient (Wildman–Crippen LogP) is 2.58. The van der Waals surface area contributed by atoms with Crippen molar-refractivity contribution in [2.75, 3.05) is 20.8 Å². The SMILES string of the molecule is CCCNC(c1ncc(OC)nc1OC)C(C)(C)C. The monoisotopic (exact) mass is 267 g/mol. The largest absolute Gasteiger partial charge is 0.480 e. The molecule has 0 aromatic carbocycles. The van der Waals surface area contributed by atoms with Crippen LogP contribution in [0.4, 0.5) is 0 Å². The highest BCUT2D eigenvalue weighted by Gasteiger charge is 2.30. The molecule has 0 spiro atoms. The molecule has 0 saturated heterocycles. The molecule has 19 heavy (non-hydrogen) atoms. The molecule has 0 saturated carbocycles. The normalized spacial score (nSPS) is 13.2. The second-order valence-corrected chi connectivity index (χ2v) is 5.56. The van der Waals surface area contributed by atoms with Crippen LogP contribution in [-0.4, -0.2) is 30.7 Å². The quantitative estimate of drug-likeness (QED) is 0.858. The summed E-state index contributed by atoms with van der Waals surface area (Å²) in [6.45, 7) is 9.59. The maximum absolute atomic E-state index is 5.35. The minimum absolute atomic E-state index is 0.0196. The Hall–Kier alpha value is -1.36. The molecule has 1 N–H and O–H groups in total. The summed E-state index contributed by atoms with van der Waals surface area (Å²) in [5.41, 5.74) is 0.843. The summed E-state index contributed by atoms with van der Waals surface area (Å²) in [5.74, 6) is 0.978. The number of aromatic nitrogens is 2. The Morgan fingerprint density at radius 3 is 2.42 bits per heavy atom. The van der Waals surface area contributed by atoms with Gasteiger partial charge in [0.25, 0.3) is 0 Å². The number of nitrogens with zero attached hydrogens (tertiary/aromatic N) is 2. The van der Waals surface area contributed by atoms with Gasteiger partial charge >= 0.3 is 0 Å². The van der Waals surface area contributed by atoms with E-state index in [-0.39, 0.29) is 11.5 Å². The number of ether oxygens (including phenoxy) is 2. The van der Waals surface area contributed by atoms with Crippen LogP contribution < -0.4 is 14.8 Å². The minimum Gasteiger partial charge on any atom is -0.480 e. The summed E-state index contributed by atoms with van der Waals surface area (Å²) in [5, 5.41) is 3.51. The van der Waals surface area contributed by atoms with Crippen molar-refractivity contribution in [3.63, 3.8) is 0 Å². The Bertz CT molecular complexity index is 402. The topological polar surface area (TPSA) is 56.3 Å². The van der Waals surface area contributed by atoms with Crippen LogP contribution in [0, 0.1) is 5.41 Å². The Labute approximate surface area is 115 Å². The van der Waals surface area contributed by atoms with E-state index < -0.39 is 0 Å². The average molecular weight is 267 g/mol. The van der Waals surface area contributed by atoms with Crippen LogP contribution in [-0.2, 0) is 0 Å². The molecule has 1 rings (SSSR count). The Morgan fingerprint density at radius 2 is 1.95 bits per heavy atom. The summed E-state index contributed by atoms with van der Waals surface area (Å²) in [4.78, 5) is 8.77. The number of hydrogen-bond donors (Lipinski definition) is 1. The Morgan fingerprint density at radius 1 is 1.26 bits per heavy atom. The van der Waals surface area contributed by atoms with E-state index in [1.807, 2.05) is 0 Å². The van der Waals surface area contributed by atoms with E-state index in [0.717, 1.165) is 18.7 Å². The molecule has 1 aromatic heterocycles. The number of rotatable bonds is 6. The third-order valence-electron chi connectivity index (χ3n) is 2.89. The van der Waals surface area contributed by atoms with E-state index in [0.29, 0.717) is 11.8 Å². The zero-order chi connectivity index (χ0) is 14.5. The van der Waals surface area contributed by atoms with Gasteiger partial charge in [-0.2, -0.15) is 4.98 Å². The van der Waals surface area contributed by atoms with Crippen molar-refractivity contribution >= 4 is 0 Å². The van der Waals surface area contributed by atoms with Crippen LogP contribution in [0.25, 0.3) is 0 Å². The minimum atomic E-state index is 0.0196. The van der Waals surface area contributed by atoms with Gasteiger partial charge in [-0.25, -0.2) is 4.98 Å². The average Bonchev–Trinajstić information content (AvgIpc) is 2.37. The zero-order valence-electron chi connectivity index (χ0n) is 12.8. The van der Waals surface area contributed by atoms with Crippen LogP contribution in [0.3, 0.4) is 0 Å². The lowest BCUT2D eigenvalue weighted by molar-refractivity contribution is 0.254. The Balaban J connectivity index is 3.14. The van der Waals surface area contributed by atoms with Gasteiger partial charge < -0.3 is 14.8 Å². The molecule has 0 aliphatic heterocycles. The van der Waals surface area contributed by atoms with Crippen LogP contribution in [0.2, 0.25) is 0 Å². The fourth-order valence-electron chi connectivity index (χ4n) is 1.91. The van der Waals surface area contributed by atoms with Gasteiger partial charge in [0.1, 0.15) is 5.69 Å². The standard InChI is InChI=1S/C14H25N3O2/c1-7-8-15-12(14(2,3)4)11-13(19-6)17-10(18-5)9-16-11/h9,12,15H,7-8H2,1-6H3. The molecule has 108 valence electrons. The van der Waals surface area contributed by atoms with Gasteiger partial charge in [0.05, 0.1) is 26.5 Å². The highest BCUT2D eigenvalue weighted by atomic mass is 16.5. The number of methoxy groups -OCH3 is 2. The third-order valence-corrected chi connectivity index (χ3v) is 2.89.